The zero-order chi connectivity index (χ0) is 16.5. The number of ether oxygens (including phenoxy) is 2. The van der Waals surface area contributed by atoms with E-state index in [-0.39, 0.29) is 11.8 Å². The number of pyridine rings is 1. The van der Waals surface area contributed by atoms with E-state index in [9.17, 15) is 4.79 Å². The SMILES string of the molecule is COc1ccc(-c2nc3c([nH]2)CN(C(=O)C2CCOC2)CC3)cn1. The third-order valence-corrected chi connectivity index (χ3v) is 4.64. The van der Waals surface area contributed by atoms with Crippen LogP contribution >= 0.6 is 0 Å². The molecule has 2 aliphatic heterocycles. The average Bonchev–Trinajstić information content (AvgIpc) is 3.30. The van der Waals surface area contributed by atoms with Crippen LogP contribution in [0, 0.1) is 5.92 Å². The van der Waals surface area contributed by atoms with Gasteiger partial charge in [0, 0.05) is 37.4 Å². The molecule has 7 nitrogen and oxygen atoms in total. The molecule has 2 aromatic heterocycles. The van der Waals surface area contributed by atoms with E-state index in [1.165, 1.54) is 0 Å². The van der Waals surface area contributed by atoms with Crippen LogP contribution in [0.3, 0.4) is 0 Å². The van der Waals surface area contributed by atoms with Crippen molar-refractivity contribution in [3.05, 3.63) is 29.7 Å². The van der Waals surface area contributed by atoms with Crippen LogP contribution in [-0.4, -0.2) is 52.6 Å². The third kappa shape index (κ3) is 2.75. The van der Waals surface area contributed by atoms with Gasteiger partial charge in [0.2, 0.25) is 11.8 Å². The minimum atomic E-state index is 0.0136. The molecule has 0 spiro atoms. The Kier molecular flexibility index (Phi) is 3.93. The molecule has 1 fully saturated rings. The summed E-state index contributed by atoms with van der Waals surface area (Å²) in [7, 11) is 1.59. The molecule has 4 heterocycles. The molecule has 0 aliphatic carbocycles. The lowest BCUT2D eigenvalue weighted by atomic mass is 10.0. The van der Waals surface area contributed by atoms with Crippen molar-refractivity contribution in [1.29, 1.82) is 0 Å². The second-order valence-electron chi connectivity index (χ2n) is 6.17. The van der Waals surface area contributed by atoms with E-state index in [4.69, 9.17) is 9.47 Å². The lowest BCUT2D eigenvalue weighted by Crippen LogP contribution is -2.40. The van der Waals surface area contributed by atoms with E-state index in [1.807, 2.05) is 17.0 Å². The first-order chi connectivity index (χ1) is 11.7. The van der Waals surface area contributed by atoms with Crippen LogP contribution in [0.25, 0.3) is 11.4 Å². The maximum absolute atomic E-state index is 12.5. The minimum Gasteiger partial charge on any atom is -0.481 e. The lowest BCUT2D eigenvalue weighted by Gasteiger charge is -2.28. The molecule has 1 N–H and O–H groups in total. The molecule has 1 atom stereocenters. The molecular formula is C17H20N4O3. The van der Waals surface area contributed by atoms with Crippen LogP contribution in [0.4, 0.5) is 0 Å². The highest BCUT2D eigenvalue weighted by atomic mass is 16.5. The number of nitrogens with zero attached hydrogens (tertiary/aromatic N) is 3. The van der Waals surface area contributed by atoms with Gasteiger partial charge in [-0.2, -0.15) is 0 Å². The van der Waals surface area contributed by atoms with Gasteiger partial charge in [-0.3, -0.25) is 4.79 Å². The highest BCUT2D eigenvalue weighted by molar-refractivity contribution is 5.79. The zero-order valence-electron chi connectivity index (χ0n) is 13.6. The number of carbonyl (C=O) groups is 1. The van der Waals surface area contributed by atoms with Gasteiger partial charge < -0.3 is 19.4 Å². The van der Waals surface area contributed by atoms with Crippen molar-refractivity contribution < 1.29 is 14.3 Å². The quantitative estimate of drug-likeness (QED) is 0.921. The standard InChI is InChI=1S/C17H20N4O3/c1-23-15-3-2-11(8-18-15)16-19-13-4-6-21(9-14(13)20-16)17(22)12-5-7-24-10-12/h2-3,8,12H,4-7,9-10H2,1H3,(H,19,20). The number of amides is 1. The number of aromatic amines is 1. The molecular weight excluding hydrogens is 308 g/mol. The van der Waals surface area contributed by atoms with Crippen molar-refractivity contribution in [3.63, 3.8) is 0 Å². The summed E-state index contributed by atoms with van der Waals surface area (Å²) in [5.41, 5.74) is 2.96. The number of rotatable bonds is 3. The van der Waals surface area contributed by atoms with Gasteiger partial charge in [-0.1, -0.05) is 0 Å². The van der Waals surface area contributed by atoms with E-state index in [1.54, 1.807) is 13.3 Å². The maximum Gasteiger partial charge on any atom is 0.228 e. The van der Waals surface area contributed by atoms with Crippen molar-refractivity contribution >= 4 is 5.91 Å². The van der Waals surface area contributed by atoms with Gasteiger partial charge in [0.15, 0.2) is 0 Å². The summed E-state index contributed by atoms with van der Waals surface area (Å²) in [4.78, 5) is 26.7. The van der Waals surface area contributed by atoms with Gasteiger partial charge in [-0.15, -0.1) is 0 Å². The van der Waals surface area contributed by atoms with Crippen molar-refractivity contribution in [2.75, 3.05) is 26.9 Å². The molecule has 7 heteroatoms. The summed E-state index contributed by atoms with van der Waals surface area (Å²) >= 11 is 0. The van der Waals surface area contributed by atoms with Gasteiger partial charge in [0.1, 0.15) is 5.82 Å². The topological polar surface area (TPSA) is 80.3 Å². The van der Waals surface area contributed by atoms with Crippen molar-refractivity contribution in [2.45, 2.75) is 19.4 Å². The Hall–Kier alpha value is -2.41. The molecule has 126 valence electrons. The number of H-pyrrole nitrogens is 1. The molecule has 24 heavy (non-hydrogen) atoms. The molecule has 4 rings (SSSR count). The number of imidazole rings is 1. The normalized spacial score (nSPS) is 20.0. The first-order valence-electron chi connectivity index (χ1n) is 8.19. The molecule has 0 bridgehead atoms. The van der Waals surface area contributed by atoms with E-state index in [0.29, 0.717) is 32.2 Å². The summed E-state index contributed by atoms with van der Waals surface area (Å²) in [6, 6.07) is 3.74. The van der Waals surface area contributed by atoms with Crippen LogP contribution < -0.4 is 4.74 Å². The fraction of sp³-hybridized carbons (Fsp3) is 0.471. The van der Waals surface area contributed by atoms with Crippen molar-refractivity contribution in [3.8, 4) is 17.3 Å². The number of nitrogens with one attached hydrogen (secondary N) is 1. The summed E-state index contributed by atoms with van der Waals surface area (Å²) in [5.74, 6) is 1.57. The van der Waals surface area contributed by atoms with E-state index < -0.39 is 0 Å². The number of aromatic nitrogens is 3. The first kappa shape index (κ1) is 15.1. The zero-order valence-corrected chi connectivity index (χ0v) is 13.6. The smallest absolute Gasteiger partial charge is 0.228 e. The Morgan fingerprint density at radius 3 is 3.08 bits per heavy atom. The van der Waals surface area contributed by atoms with Gasteiger partial charge in [0.05, 0.1) is 37.6 Å². The summed E-state index contributed by atoms with van der Waals surface area (Å²) in [6.07, 6.45) is 3.34. The van der Waals surface area contributed by atoms with Gasteiger partial charge >= 0.3 is 0 Å². The second-order valence-corrected chi connectivity index (χ2v) is 6.17. The van der Waals surface area contributed by atoms with E-state index in [2.05, 4.69) is 15.0 Å². The predicted molar refractivity (Wildman–Crippen MR) is 86.4 cm³/mol. The molecule has 2 aromatic rings. The maximum atomic E-state index is 12.5. The number of hydrogen-bond acceptors (Lipinski definition) is 5. The number of carbonyl (C=O) groups excluding carboxylic acids is 1. The van der Waals surface area contributed by atoms with Crippen LogP contribution in [0.5, 0.6) is 5.88 Å². The molecule has 0 radical (unpaired) electrons. The number of methoxy groups -OCH3 is 1. The number of hydrogen-bond donors (Lipinski definition) is 1. The monoisotopic (exact) mass is 328 g/mol. The Labute approximate surface area is 140 Å². The highest BCUT2D eigenvalue weighted by Crippen LogP contribution is 2.25. The third-order valence-electron chi connectivity index (χ3n) is 4.64. The first-order valence-corrected chi connectivity index (χ1v) is 8.19. The molecule has 1 saturated heterocycles. The Bertz CT molecular complexity index is 735. The molecule has 1 unspecified atom stereocenters. The average molecular weight is 328 g/mol. The summed E-state index contributed by atoms with van der Waals surface area (Å²) in [6.45, 7) is 2.54. The molecule has 0 saturated carbocycles. The van der Waals surface area contributed by atoms with E-state index >= 15 is 0 Å². The Morgan fingerprint density at radius 2 is 2.38 bits per heavy atom. The largest absolute Gasteiger partial charge is 0.481 e. The van der Waals surface area contributed by atoms with Crippen molar-refractivity contribution in [2.24, 2.45) is 5.92 Å². The fourth-order valence-corrected chi connectivity index (χ4v) is 3.25. The van der Waals surface area contributed by atoms with Crippen molar-refractivity contribution in [1.82, 2.24) is 19.9 Å². The minimum absolute atomic E-state index is 0.0136. The van der Waals surface area contributed by atoms with Crippen LogP contribution in [0.1, 0.15) is 17.8 Å². The molecule has 1 amide bonds. The predicted octanol–water partition coefficient (Wildman–Crippen LogP) is 1.40. The van der Waals surface area contributed by atoms with Crippen LogP contribution in [0.2, 0.25) is 0 Å². The van der Waals surface area contributed by atoms with Crippen LogP contribution in [-0.2, 0) is 22.5 Å². The fourth-order valence-electron chi connectivity index (χ4n) is 3.25. The Morgan fingerprint density at radius 1 is 1.46 bits per heavy atom. The number of fused-ring (bicyclic) bond motifs is 1. The second kappa shape index (κ2) is 6.24. The van der Waals surface area contributed by atoms with Gasteiger partial charge in [-0.05, 0) is 12.5 Å². The molecule has 0 aromatic carbocycles. The molecule has 2 aliphatic rings. The van der Waals surface area contributed by atoms with E-state index in [0.717, 1.165) is 35.6 Å². The van der Waals surface area contributed by atoms with Crippen LogP contribution in [0.15, 0.2) is 18.3 Å². The summed E-state index contributed by atoms with van der Waals surface area (Å²) < 4.78 is 10.4. The Balaban J connectivity index is 1.51. The van der Waals surface area contributed by atoms with Gasteiger partial charge in [0.25, 0.3) is 0 Å². The summed E-state index contributed by atoms with van der Waals surface area (Å²) in [5, 5.41) is 0. The van der Waals surface area contributed by atoms with Gasteiger partial charge in [-0.25, -0.2) is 9.97 Å². The lowest BCUT2D eigenvalue weighted by molar-refractivity contribution is -0.136. The highest BCUT2D eigenvalue weighted by Gasteiger charge is 2.31.